The molecule has 0 aliphatic carbocycles. The van der Waals surface area contributed by atoms with Crippen molar-refractivity contribution in [3.8, 4) is 0 Å². The van der Waals surface area contributed by atoms with Crippen molar-refractivity contribution in [2.45, 2.75) is 38.8 Å². The molecule has 0 aromatic heterocycles. The molecular weight excluding hydrogens is 198 g/mol. The third-order valence-corrected chi connectivity index (χ3v) is 3.97. The van der Waals surface area contributed by atoms with Crippen LogP contribution in [0.2, 0.25) is 0 Å². The van der Waals surface area contributed by atoms with Crippen LogP contribution in [0.4, 0.5) is 0 Å². The Morgan fingerprint density at radius 2 is 1.88 bits per heavy atom. The molecule has 0 bridgehead atoms. The first kappa shape index (κ1) is 13.9. The van der Waals surface area contributed by atoms with Gasteiger partial charge in [0, 0.05) is 18.6 Å². The summed E-state index contributed by atoms with van der Waals surface area (Å²) < 4.78 is 0. The third-order valence-electron chi connectivity index (χ3n) is 3.97. The van der Waals surface area contributed by atoms with Crippen LogP contribution in [0.1, 0.15) is 26.7 Å². The van der Waals surface area contributed by atoms with Gasteiger partial charge in [-0.05, 0) is 53.0 Å². The molecule has 0 saturated carbocycles. The van der Waals surface area contributed by atoms with Gasteiger partial charge >= 0.3 is 0 Å². The molecule has 0 aromatic carbocycles. The molecule has 3 nitrogen and oxygen atoms in total. The van der Waals surface area contributed by atoms with E-state index in [0.717, 1.165) is 6.04 Å². The largest absolute Gasteiger partial charge is 0.315 e. The zero-order valence-corrected chi connectivity index (χ0v) is 11.7. The van der Waals surface area contributed by atoms with E-state index in [4.69, 9.17) is 0 Å². The molecule has 1 aliphatic heterocycles. The minimum atomic E-state index is 0.615. The van der Waals surface area contributed by atoms with Gasteiger partial charge < -0.3 is 15.1 Å². The summed E-state index contributed by atoms with van der Waals surface area (Å²) in [6.07, 6.45) is 2.64. The van der Waals surface area contributed by atoms with Crippen LogP contribution in [-0.2, 0) is 0 Å². The van der Waals surface area contributed by atoms with Gasteiger partial charge in [0.25, 0.3) is 0 Å². The van der Waals surface area contributed by atoms with E-state index >= 15 is 0 Å². The van der Waals surface area contributed by atoms with Crippen molar-refractivity contribution in [3.05, 3.63) is 0 Å². The molecule has 0 amide bonds. The van der Waals surface area contributed by atoms with Crippen molar-refractivity contribution in [3.63, 3.8) is 0 Å². The monoisotopic (exact) mass is 227 g/mol. The highest BCUT2D eigenvalue weighted by Crippen LogP contribution is 2.15. The Balaban J connectivity index is 2.36. The molecule has 1 atom stereocenters. The van der Waals surface area contributed by atoms with Crippen molar-refractivity contribution in [1.82, 2.24) is 15.1 Å². The summed E-state index contributed by atoms with van der Waals surface area (Å²) in [4.78, 5) is 4.98. The molecule has 1 heterocycles. The van der Waals surface area contributed by atoms with Crippen molar-refractivity contribution < 1.29 is 0 Å². The Bertz CT molecular complexity index is 186. The summed E-state index contributed by atoms with van der Waals surface area (Å²) in [5.74, 6) is 0.707. The van der Waals surface area contributed by atoms with Gasteiger partial charge in [0.2, 0.25) is 0 Å². The predicted octanol–water partition coefficient (Wildman–Crippen LogP) is 1.26. The molecule has 1 fully saturated rings. The lowest BCUT2D eigenvalue weighted by atomic mass is 10.0. The molecule has 16 heavy (non-hydrogen) atoms. The van der Waals surface area contributed by atoms with Crippen LogP contribution in [0.15, 0.2) is 0 Å². The van der Waals surface area contributed by atoms with Gasteiger partial charge in [0.1, 0.15) is 0 Å². The average molecular weight is 227 g/mol. The van der Waals surface area contributed by atoms with Crippen LogP contribution in [-0.4, -0.2) is 62.7 Å². The first-order valence-corrected chi connectivity index (χ1v) is 6.60. The lowest BCUT2D eigenvalue weighted by molar-refractivity contribution is 0.129. The first-order chi connectivity index (χ1) is 7.54. The Morgan fingerprint density at radius 3 is 2.31 bits per heavy atom. The number of hydrogen-bond donors (Lipinski definition) is 1. The average Bonchev–Trinajstić information content (AvgIpc) is 2.26. The molecule has 1 rings (SSSR count). The Labute approximate surface area is 101 Å². The number of hydrogen-bond acceptors (Lipinski definition) is 3. The molecule has 1 N–H and O–H groups in total. The second kappa shape index (κ2) is 6.58. The van der Waals surface area contributed by atoms with Crippen LogP contribution < -0.4 is 5.32 Å². The fraction of sp³-hybridized carbons (Fsp3) is 1.00. The molecule has 3 heteroatoms. The standard InChI is InChI=1S/C13H29N3/c1-11(2)13(14-3)10-16(5)12-6-8-15(4)9-7-12/h11-14H,6-10H2,1-5H3. The highest BCUT2D eigenvalue weighted by atomic mass is 15.2. The van der Waals surface area contributed by atoms with E-state index in [1.54, 1.807) is 0 Å². The van der Waals surface area contributed by atoms with Gasteiger partial charge in [-0.3, -0.25) is 0 Å². The van der Waals surface area contributed by atoms with E-state index in [9.17, 15) is 0 Å². The molecular formula is C13H29N3. The van der Waals surface area contributed by atoms with Crippen molar-refractivity contribution in [1.29, 1.82) is 0 Å². The number of piperidine rings is 1. The fourth-order valence-electron chi connectivity index (χ4n) is 2.53. The van der Waals surface area contributed by atoms with Gasteiger partial charge in [-0.25, -0.2) is 0 Å². The van der Waals surface area contributed by atoms with Crippen LogP contribution >= 0.6 is 0 Å². The highest BCUT2D eigenvalue weighted by molar-refractivity contribution is 4.80. The molecule has 1 aliphatic rings. The summed E-state index contributed by atoms with van der Waals surface area (Å²) in [6.45, 7) is 8.26. The summed E-state index contributed by atoms with van der Waals surface area (Å²) in [7, 11) is 6.58. The molecule has 96 valence electrons. The quantitative estimate of drug-likeness (QED) is 0.763. The molecule has 0 aromatic rings. The first-order valence-electron chi connectivity index (χ1n) is 6.60. The Hall–Kier alpha value is -0.120. The number of nitrogens with zero attached hydrogens (tertiary/aromatic N) is 2. The van der Waals surface area contributed by atoms with Crippen LogP contribution in [0.3, 0.4) is 0 Å². The van der Waals surface area contributed by atoms with Crippen LogP contribution in [0, 0.1) is 5.92 Å². The SMILES string of the molecule is CNC(CN(C)C1CCN(C)CC1)C(C)C. The lowest BCUT2D eigenvalue weighted by Gasteiger charge is -2.37. The van der Waals surface area contributed by atoms with Crippen molar-refractivity contribution in [2.24, 2.45) is 5.92 Å². The van der Waals surface area contributed by atoms with E-state index in [0.29, 0.717) is 12.0 Å². The van der Waals surface area contributed by atoms with Crippen LogP contribution in [0.5, 0.6) is 0 Å². The smallest absolute Gasteiger partial charge is 0.0214 e. The molecule has 0 spiro atoms. The van der Waals surface area contributed by atoms with E-state index in [1.165, 1.54) is 32.5 Å². The molecule has 0 radical (unpaired) electrons. The van der Waals surface area contributed by atoms with Gasteiger partial charge in [0.05, 0.1) is 0 Å². The summed E-state index contributed by atoms with van der Waals surface area (Å²) in [6, 6.07) is 1.40. The minimum absolute atomic E-state index is 0.615. The minimum Gasteiger partial charge on any atom is -0.315 e. The second-order valence-electron chi connectivity index (χ2n) is 5.61. The number of nitrogens with one attached hydrogen (secondary N) is 1. The third kappa shape index (κ3) is 4.04. The van der Waals surface area contributed by atoms with E-state index in [1.807, 2.05) is 0 Å². The second-order valence-corrected chi connectivity index (χ2v) is 5.61. The number of likely N-dealkylation sites (N-methyl/N-ethyl adjacent to an activating group) is 2. The maximum absolute atomic E-state index is 3.43. The number of likely N-dealkylation sites (tertiary alicyclic amines) is 1. The van der Waals surface area contributed by atoms with Gasteiger partial charge in [-0.15, -0.1) is 0 Å². The van der Waals surface area contributed by atoms with Gasteiger partial charge in [-0.2, -0.15) is 0 Å². The van der Waals surface area contributed by atoms with Crippen molar-refractivity contribution >= 4 is 0 Å². The number of rotatable bonds is 5. The van der Waals surface area contributed by atoms with E-state index in [2.05, 4.69) is 50.1 Å². The van der Waals surface area contributed by atoms with E-state index in [-0.39, 0.29) is 0 Å². The van der Waals surface area contributed by atoms with Crippen molar-refractivity contribution in [2.75, 3.05) is 40.8 Å². The molecule has 1 unspecified atom stereocenters. The van der Waals surface area contributed by atoms with E-state index < -0.39 is 0 Å². The summed E-state index contributed by atoms with van der Waals surface area (Å²) >= 11 is 0. The topological polar surface area (TPSA) is 18.5 Å². The Morgan fingerprint density at radius 1 is 1.31 bits per heavy atom. The highest BCUT2D eigenvalue weighted by Gasteiger charge is 2.23. The predicted molar refractivity (Wildman–Crippen MR) is 70.8 cm³/mol. The Kier molecular flexibility index (Phi) is 5.73. The summed E-state index contributed by atoms with van der Waals surface area (Å²) in [5.41, 5.74) is 0. The van der Waals surface area contributed by atoms with Gasteiger partial charge in [-0.1, -0.05) is 13.8 Å². The maximum Gasteiger partial charge on any atom is 0.0214 e. The summed E-state index contributed by atoms with van der Waals surface area (Å²) in [5, 5.41) is 3.43. The molecule has 1 saturated heterocycles. The lowest BCUT2D eigenvalue weighted by Crippen LogP contribution is -2.48. The zero-order valence-electron chi connectivity index (χ0n) is 11.7. The zero-order chi connectivity index (χ0) is 12.1. The maximum atomic E-state index is 3.43. The fourth-order valence-corrected chi connectivity index (χ4v) is 2.53. The normalized spacial score (nSPS) is 21.9. The van der Waals surface area contributed by atoms with Crippen LogP contribution in [0.25, 0.3) is 0 Å². The van der Waals surface area contributed by atoms with Gasteiger partial charge in [0.15, 0.2) is 0 Å².